The lowest BCUT2D eigenvalue weighted by Crippen LogP contribution is -2.35. The fourth-order valence-electron chi connectivity index (χ4n) is 3.18. The van der Waals surface area contributed by atoms with Gasteiger partial charge >= 0.3 is 0 Å². The average molecular weight is 355 g/mol. The maximum atomic E-state index is 12.7. The van der Waals surface area contributed by atoms with Crippen LogP contribution in [0.2, 0.25) is 0 Å². The smallest absolute Gasteiger partial charge is 0.254 e. The zero-order valence-corrected chi connectivity index (χ0v) is 15.1. The summed E-state index contributed by atoms with van der Waals surface area (Å²) < 4.78 is 0. The Labute approximate surface area is 151 Å². The molecular weight excluding hydrogens is 334 g/mol. The van der Waals surface area contributed by atoms with Gasteiger partial charge in [-0.15, -0.1) is 0 Å². The van der Waals surface area contributed by atoms with E-state index < -0.39 is 0 Å². The molecule has 0 unspecified atom stereocenters. The number of aromatic nitrogens is 1. The molecule has 1 aromatic carbocycles. The van der Waals surface area contributed by atoms with Gasteiger partial charge in [0.25, 0.3) is 5.91 Å². The van der Waals surface area contributed by atoms with Crippen LogP contribution in [0.15, 0.2) is 24.3 Å². The Morgan fingerprint density at radius 3 is 2.68 bits per heavy atom. The lowest BCUT2D eigenvalue weighted by atomic mass is 9.85. The fourth-order valence-corrected chi connectivity index (χ4v) is 4.21. The number of amides is 2. The Balaban J connectivity index is 1.44. The van der Waals surface area contributed by atoms with E-state index in [1.165, 1.54) is 11.3 Å². The minimum Gasteiger partial charge on any atom is -0.333 e. The second kappa shape index (κ2) is 6.59. The molecule has 25 heavy (non-hydrogen) atoms. The summed E-state index contributed by atoms with van der Waals surface area (Å²) in [7, 11) is 0. The SMILES string of the molecule is Cc1ccc(C(=O)N2CCc3nc(NC(=O)C4CCC4)sc3C2)cc1. The molecule has 6 heteroatoms. The van der Waals surface area contributed by atoms with Crippen LogP contribution in [0.5, 0.6) is 0 Å². The minimum atomic E-state index is 0.0547. The number of hydrogen-bond donors (Lipinski definition) is 1. The number of anilines is 1. The summed E-state index contributed by atoms with van der Waals surface area (Å²) in [5, 5.41) is 3.62. The third-order valence-corrected chi connectivity index (χ3v) is 6.02. The van der Waals surface area contributed by atoms with E-state index in [-0.39, 0.29) is 17.7 Å². The van der Waals surface area contributed by atoms with Crippen molar-refractivity contribution in [1.29, 1.82) is 0 Å². The molecule has 0 spiro atoms. The van der Waals surface area contributed by atoms with Crippen LogP contribution < -0.4 is 5.32 Å². The predicted molar refractivity (Wildman–Crippen MR) is 97.7 cm³/mol. The van der Waals surface area contributed by atoms with Gasteiger partial charge in [0, 0.05) is 29.3 Å². The summed E-state index contributed by atoms with van der Waals surface area (Å²) in [5.41, 5.74) is 2.88. The van der Waals surface area contributed by atoms with Gasteiger partial charge in [0.1, 0.15) is 0 Å². The highest BCUT2D eigenvalue weighted by Gasteiger charge is 2.28. The molecule has 4 rings (SSSR count). The first-order valence-electron chi connectivity index (χ1n) is 8.75. The van der Waals surface area contributed by atoms with Gasteiger partial charge in [-0.25, -0.2) is 4.98 Å². The molecule has 0 saturated heterocycles. The van der Waals surface area contributed by atoms with Gasteiger partial charge < -0.3 is 10.2 Å². The Bertz CT molecular complexity index is 809. The summed E-state index contributed by atoms with van der Waals surface area (Å²) in [6.45, 7) is 3.25. The van der Waals surface area contributed by atoms with Crippen molar-refractivity contribution in [2.45, 2.75) is 39.2 Å². The van der Waals surface area contributed by atoms with Crippen LogP contribution in [0.1, 0.15) is 45.8 Å². The van der Waals surface area contributed by atoms with Crippen LogP contribution in [-0.4, -0.2) is 28.2 Å². The number of thiazole rings is 1. The number of nitrogens with one attached hydrogen (secondary N) is 1. The molecule has 2 aliphatic rings. The maximum absolute atomic E-state index is 12.7. The molecule has 5 nitrogen and oxygen atoms in total. The van der Waals surface area contributed by atoms with Crippen LogP contribution in [0.4, 0.5) is 5.13 Å². The molecule has 0 atom stereocenters. The molecule has 2 aromatic rings. The van der Waals surface area contributed by atoms with Crippen LogP contribution in [0.3, 0.4) is 0 Å². The number of benzene rings is 1. The third kappa shape index (κ3) is 3.31. The van der Waals surface area contributed by atoms with Crippen molar-refractivity contribution in [3.63, 3.8) is 0 Å². The monoisotopic (exact) mass is 355 g/mol. The van der Waals surface area contributed by atoms with Crippen molar-refractivity contribution in [3.05, 3.63) is 46.0 Å². The standard InChI is InChI=1S/C19H21N3O2S/c1-12-5-7-14(8-6-12)18(24)22-10-9-15-16(11-22)25-19(20-15)21-17(23)13-3-2-4-13/h5-8,13H,2-4,9-11H2,1H3,(H,20,21,23). The molecule has 1 N–H and O–H groups in total. The van der Waals surface area contributed by atoms with Gasteiger partial charge in [0.15, 0.2) is 5.13 Å². The van der Waals surface area contributed by atoms with Crippen LogP contribution in [-0.2, 0) is 17.8 Å². The number of fused-ring (bicyclic) bond motifs is 1. The average Bonchev–Trinajstić information content (AvgIpc) is 2.94. The quantitative estimate of drug-likeness (QED) is 0.918. The Morgan fingerprint density at radius 2 is 2.00 bits per heavy atom. The van der Waals surface area contributed by atoms with Crippen molar-refractivity contribution >= 4 is 28.3 Å². The number of aryl methyl sites for hydroxylation is 1. The largest absolute Gasteiger partial charge is 0.333 e. The molecule has 1 aromatic heterocycles. The molecule has 0 radical (unpaired) electrons. The second-order valence-electron chi connectivity index (χ2n) is 6.85. The normalized spacial score (nSPS) is 16.9. The lowest BCUT2D eigenvalue weighted by molar-refractivity contribution is -0.122. The van der Waals surface area contributed by atoms with E-state index in [9.17, 15) is 9.59 Å². The number of nitrogens with zero attached hydrogens (tertiary/aromatic N) is 2. The van der Waals surface area contributed by atoms with E-state index >= 15 is 0 Å². The van der Waals surface area contributed by atoms with Crippen molar-refractivity contribution in [1.82, 2.24) is 9.88 Å². The molecule has 2 amide bonds. The molecular formula is C19H21N3O2S. The number of hydrogen-bond acceptors (Lipinski definition) is 4. The maximum Gasteiger partial charge on any atom is 0.254 e. The zero-order chi connectivity index (χ0) is 17.4. The third-order valence-electron chi connectivity index (χ3n) is 5.02. The number of rotatable bonds is 3. The highest BCUT2D eigenvalue weighted by atomic mass is 32.1. The molecule has 130 valence electrons. The first-order chi connectivity index (χ1) is 12.1. The summed E-state index contributed by atoms with van der Waals surface area (Å²) in [6.07, 6.45) is 3.84. The highest BCUT2D eigenvalue weighted by Crippen LogP contribution is 2.31. The Kier molecular flexibility index (Phi) is 4.29. The highest BCUT2D eigenvalue weighted by molar-refractivity contribution is 7.15. The van der Waals surface area contributed by atoms with Gasteiger partial charge in [0.05, 0.1) is 12.2 Å². The topological polar surface area (TPSA) is 62.3 Å². The Hall–Kier alpha value is -2.21. The number of carbonyl (C=O) groups excluding carboxylic acids is 2. The first kappa shape index (κ1) is 16.3. The predicted octanol–water partition coefficient (Wildman–Crippen LogP) is 3.39. The van der Waals surface area contributed by atoms with E-state index in [0.29, 0.717) is 18.2 Å². The zero-order valence-electron chi connectivity index (χ0n) is 14.2. The molecule has 2 heterocycles. The van der Waals surface area contributed by atoms with Gasteiger partial charge in [-0.2, -0.15) is 0 Å². The van der Waals surface area contributed by atoms with Crippen LogP contribution in [0, 0.1) is 12.8 Å². The Morgan fingerprint density at radius 1 is 1.24 bits per heavy atom. The van der Waals surface area contributed by atoms with Gasteiger partial charge in [0.2, 0.25) is 5.91 Å². The fraction of sp³-hybridized carbons (Fsp3) is 0.421. The summed E-state index contributed by atoms with van der Waals surface area (Å²) in [4.78, 5) is 32.3. The summed E-state index contributed by atoms with van der Waals surface area (Å²) in [6, 6.07) is 7.68. The molecule has 1 saturated carbocycles. The van der Waals surface area contributed by atoms with E-state index in [1.807, 2.05) is 36.1 Å². The van der Waals surface area contributed by atoms with E-state index in [2.05, 4.69) is 10.3 Å². The van der Waals surface area contributed by atoms with E-state index in [4.69, 9.17) is 0 Å². The van der Waals surface area contributed by atoms with Crippen molar-refractivity contribution < 1.29 is 9.59 Å². The van der Waals surface area contributed by atoms with Gasteiger partial charge in [-0.3, -0.25) is 9.59 Å². The van der Waals surface area contributed by atoms with Gasteiger partial charge in [-0.05, 0) is 31.9 Å². The van der Waals surface area contributed by atoms with E-state index in [0.717, 1.165) is 47.4 Å². The molecule has 0 bridgehead atoms. The molecule has 1 aliphatic carbocycles. The summed E-state index contributed by atoms with van der Waals surface area (Å²) >= 11 is 1.50. The van der Waals surface area contributed by atoms with E-state index in [1.54, 1.807) is 0 Å². The number of carbonyl (C=O) groups is 2. The van der Waals surface area contributed by atoms with Crippen LogP contribution >= 0.6 is 11.3 Å². The lowest BCUT2D eigenvalue weighted by Gasteiger charge is -2.26. The van der Waals surface area contributed by atoms with Crippen molar-refractivity contribution in [2.24, 2.45) is 5.92 Å². The van der Waals surface area contributed by atoms with Crippen molar-refractivity contribution in [2.75, 3.05) is 11.9 Å². The van der Waals surface area contributed by atoms with Crippen LogP contribution in [0.25, 0.3) is 0 Å². The molecule has 1 aliphatic heterocycles. The minimum absolute atomic E-state index is 0.0547. The second-order valence-corrected chi connectivity index (χ2v) is 7.93. The van der Waals surface area contributed by atoms with Crippen molar-refractivity contribution in [3.8, 4) is 0 Å². The molecule has 1 fully saturated rings. The first-order valence-corrected chi connectivity index (χ1v) is 9.57. The van der Waals surface area contributed by atoms with Gasteiger partial charge in [-0.1, -0.05) is 35.5 Å². The summed E-state index contributed by atoms with van der Waals surface area (Å²) in [5.74, 6) is 0.296.